The van der Waals surface area contributed by atoms with Crippen LogP contribution in [0.25, 0.3) is 5.00 Å². The summed E-state index contributed by atoms with van der Waals surface area (Å²) in [6.45, 7) is 2.44. The lowest BCUT2D eigenvalue weighted by atomic mass is 10.0. The zero-order chi connectivity index (χ0) is 21.1. The normalized spacial score (nSPS) is 13.6. The van der Waals surface area contributed by atoms with Crippen LogP contribution in [0.2, 0.25) is 0 Å². The Labute approximate surface area is 180 Å². The number of nitrogens with zero attached hydrogens (tertiary/aromatic N) is 2. The molecule has 0 saturated heterocycles. The number of urea groups is 1. The Morgan fingerprint density at radius 3 is 2.50 bits per heavy atom. The number of anilines is 1. The number of rotatable bonds is 6. The molecule has 0 spiro atoms. The van der Waals surface area contributed by atoms with Crippen LogP contribution in [-0.4, -0.2) is 43.3 Å². The van der Waals surface area contributed by atoms with Gasteiger partial charge in [-0.25, -0.2) is 4.79 Å². The van der Waals surface area contributed by atoms with E-state index in [1.54, 1.807) is 43.8 Å². The summed E-state index contributed by atoms with van der Waals surface area (Å²) in [6.07, 6.45) is 5.09. The summed E-state index contributed by atoms with van der Waals surface area (Å²) in [5.74, 6) is 1.24. The fraction of sp³-hybridized carbons (Fsp3) is 0.318. The number of hydrogen-bond acceptors (Lipinski definition) is 5. The molecule has 0 saturated carbocycles. The van der Waals surface area contributed by atoms with Gasteiger partial charge in [0.1, 0.15) is 16.5 Å². The van der Waals surface area contributed by atoms with Gasteiger partial charge >= 0.3 is 6.03 Å². The summed E-state index contributed by atoms with van der Waals surface area (Å²) in [6, 6.07) is 9.05. The zero-order valence-corrected chi connectivity index (χ0v) is 18.2. The quantitative estimate of drug-likeness (QED) is 0.628. The van der Waals surface area contributed by atoms with Crippen molar-refractivity contribution >= 4 is 23.1 Å². The Kier molecular flexibility index (Phi) is 5.96. The van der Waals surface area contributed by atoms with Crippen LogP contribution >= 0.6 is 11.3 Å². The van der Waals surface area contributed by atoms with Crippen molar-refractivity contribution in [3.05, 3.63) is 58.7 Å². The second-order valence-electron chi connectivity index (χ2n) is 7.27. The molecular formula is C22H26N4O3S. The van der Waals surface area contributed by atoms with Crippen LogP contribution in [-0.2, 0) is 19.5 Å². The van der Waals surface area contributed by atoms with E-state index in [-0.39, 0.29) is 6.03 Å². The number of amides is 2. The van der Waals surface area contributed by atoms with Gasteiger partial charge in [0.25, 0.3) is 0 Å². The summed E-state index contributed by atoms with van der Waals surface area (Å²) in [4.78, 5) is 16.3. The van der Waals surface area contributed by atoms with Crippen LogP contribution in [0.1, 0.15) is 16.0 Å². The van der Waals surface area contributed by atoms with E-state index >= 15 is 0 Å². The number of nitrogens with one attached hydrogen (secondary N) is 2. The predicted molar refractivity (Wildman–Crippen MR) is 119 cm³/mol. The Bertz CT molecular complexity index is 1010. The molecule has 0 aliphatic carbocycles. The molecule has 2 aromatic heterocycles. The fourth-order valence-corrected chi connectivity index (χ4v) is 5.08. The van der Waals surface area contributed by atoms with Crippen molar-refractivity contribution in [1.29, 1.82) is 0 Å². The highest BCUT2D eigenvalue weighted by atomic mass is 32.1. The first kappa shape index (κ1) is 20.3. The number of ether oxygens (including phenoxy) is 2. The van der Waals surface area contributed by atoms with E-state index in [1.165, 1.54) is 21.0 Å². The van der Waals surface area contributed by atoms with E-state index in [0.29, 0.717) is 23.7 Å². The SMILES string of the molecule is COc1cc(NC(=O)NCc2c(-n3cccc3)sc3c2CCN(C)C3)cc(OC)c1. The number of carbonyl (C=O) groups excluding carboxylic acids is 1. The molecule has 0 radical (unpaired) electrons. The van der Waals surface area contributed by atoms with E-state index in [1.807, 2.05) is 24.5 Å². The van der Waals surface area contributed by atoms with Crippen LogP contribution in [0.4, 0.5) is 10.5 Å². The zero-order valence-electron chi connectivity index (χ0n) is 17.4. The van der Waals surface area contributed by atoms with Crippen molar-refractivity contribution in [2.45, 2.75) is 19.5 Å². The van der Waals surface area contributed by atoms with Gasteiger partial charge in [0.15, 0.2) is 0 Å². The number of hydrogen-bond donors (Lipinski definition) is 2. The van der Waals surface area contributed by atoms with E-state index in [0.717, 1.165) is 19.5 Å². The van der Waals surface area contributed by atoms with Gasteiger partial charge in [-0.05, 0) is 31.2 Å². The minimum absolute atomic E-state index is 0.267. The summed E-state index contributed by atoms with van der Waals surface area (Å²) >= 11 is 1.81. The van der Waals surface area contributed by atoms with Crippen LogP contribution in [0.5, 0.6) is 11.5 Å². The molecule has 158 valence electrons. The van der Waals surface area contributed by atoms with Crippen molar-refractivity contribution in [3.8, 4) is 16.5 Å². The second-order valence-corrected chi connectivity index (χ2v) is 8.36. The van der Waals surface area contributed by atoms with E-state index in [4.69, 9.17) is 9.47 Å². The molecule has 30 heavy (non-hydrogen) atoms. The molecule has 1 aliphatic heterocycles. The maximum absolute atomic E-state index is 12.6. The van der Waals surface area contributed by atoms with Crippen LogP contribution in [0, 0.1) is 0 Å². The van der Waals surface area contributed by atoms with Gasteiger partial charge in [-0.2, -0.15) is 0 Å². The third-order valence-electron chi connectivity index (χ3n) is 5.21. The lowest BCUT2D eigenvalue weighted by Gasteiger charge is -2.22. The number of aromatic nitrogens is 1. The number of carbonyl (C=O) groups is 1. The van der Waals surface area contributed by atoms with Gasteiger partial charge in [-0.3, -0.25) is 0 Å². The average Bonchev–Trinajstić information content (AvgIpc) is 3.39. The van der Waals surface area contributed by atoms with Gasteiger partial charge in [0, 0.05) is 66.4 Å². The molecule has 0 unspecified atom stereocenters. The average molecular weight is 427 g/mol. The molecule has 1 aliphatic rings. The molecule has 0 fully saturated rings. The lowest BCUT2D eigenvalue weighted by molar-refractivity contribution is 0.251. The van der Waals surface area contributed by atoms with E-state index in [2.05, 4.69) is 27.1 Å². The highest BCUT2D eigenvalue weighted by molar-refractivity contribution is 7.14. The largest absolute Gasteiger partial charge is 0.497 e. The lowest BCUT2D eigenvalue weighted by Crippen LogP contribution is -2.30. The Morgan fingerprint density at radius 1 is 1.13 bits per heavy atom. The molecule has 2 amide bonds. The number of fused-ring (bicyclic) bond motifs is 1. The molecule has 0 atom stereocenters. The molecule has 3 heterocycles. The smallest absolute Gasteiger partial charge is 0.319 e. The Hall–Kier alpha value is -2.97. The number of methoxy groups -OCH3 is 2. The Morgan fingerprint density at radius 2 is 1.83 bits per heavy atom. The molecule has 8 heteroatoms. The minimum atomic E-state index is -0.267. The minimum Gasteiger partial charge on any atom is -0.497 e. The third kappa shape index (κ3) is 4.29. The van der Waals surface area contributed by atoms with Gasteiger partial charge in [0.05, 0.1) is 14.2 Å². The van der Waals surface area contributed by atoms with Gasteiger partial charge < -0.3 is 29.6 Å². The van der Waals surface area contributed by atoms with Crippen LogP contribution < -0.4 is 20.1 Å². The van der Waals surface area contributed by atoms with Crippen molar-refractivity contribution in [3.63, 3.8) is 0 Å². The monoisotopic (exact) mass is 426 g/mol. The number of benzene rings is 1. The number of likely N-dealkylation sites (N-methyl/N-ethyl adjacent to an activating group) is 1. The summed E-state index contributed by atoms with van der Waals surface area (Å²) in [5.41, 5.74) is 3.17. The Balaban J connectivity index is 1.52. The maximum Gasteiger partial charge on any atom is 0.319 e. The fourth-order valence-electron chi connectivity index (χ4n) is 3.67. The van der Waals surface area contributed by atoms with Gasteiger partial charge in [-0.15, -0.1) is 11.3 Å². The maximum atomic E-state index is 12.6. The second kappa shape index (κ2) is 8.81. The predicted octanol–water partition coefficient (Wildman–Crippen LogP) is 3.87. The third-order valence-corrected chi connectivity index (χ3v) is 6.48. The van der Waals surface area contributed by atoms with Crippen molar-refractivity contribution < 1.29 is 14.3 Å². The molecule has 0 bridgehead atoms. The first-order chi connectivity index (χ1) is 14.6. The summed E-state index contributed by atoms with van der Waals surface area (Å²) in [7, 11) is 5.31. The number of thiophene rings is 1. The van der Waals surface area contributed by atoms with E-state index in [9.17, 15) is 4.79 Å². The molecule has 2 N–H and O–H groups in total. The first-order valence-corrected chi connectivity index (χ1v) is 10.6. The molecule has 4 rings (SSSR count). The van der Waals surface area contributed by atoms with E-state index < -0.39 is 0 Å². The van der Waals surface area contributed by atoms with Crippen LogP contribution in [0.15, 0.2) is 42.7 Å². The summed E-state index contributed by atoms with van der Waals surface area (Å²) < 4.78 is 12.7. The standard InChI is InChI=1S/C22H26N4O3S/c1-25-9-6-18-19(21(30-20(18)14-25)26-7-4-5-8-26)13-23-22(27)24-15-10-16(28-2)12-17(11-15)29-3/h4-5,7-8,10-12H,6,9,13-14H2,1-3H3,(H2,23,24,27). The van der Waals surface area contributed by atoms with Gasteiger partial charge in [-0.1, -0.05) is 0 Å². The topological polar surface area (TPSA) is 67.8 Å². The first-order valence-electron chi connectivity index (χ1n) is 9.80. The van der Waals surface area contributed by atoms with Crippen molar-refractivity contribution in [2.24, 2.45) is 0 Å². The van der Waals surface area contributed by atoms with Crippen molar-refractivity contribution in [2.75, 3.05) is 33.1 Å². The van der Waals surface area contributed by atoms with Crippen LogP contribution in [0.3, 0.4) is 0 Å². The summed E-state index contributed by atoms with van der Waals surface area (Å²) in [5, 5.41) is 7.06. The molecule has 3 aromatic rings. The highest BCUT2D eigenvalue weighted by Gasteiger charge is 2.23. The molecule has 1 aromatic carbocycles. The highest BCUT2D eigenvalue weighted by Crippen LogP contribution is 2.35. The molecular weight excluding hydrogens is 400 g/mol. The van der Waals surface area contributed by atoms with Gasteiger partial charge in [0.2, 0.25) is 0 Å². The molecule has 7 nitrogen and oxygen atoms in total. The van der Waals surface area contributed by atoms with Crippen molar-refractivity contribution in [1.82, 2.24) is 14.8 Å².